The van der Waals surface area contributed by atoms with Crippen LogP contribution in [-0.2, 0) is 0 Å². The smallest absolute Gasteiger partial charge is 0.0131 e. The van der Waals surface area contributed by atoms with Gasteiger partial charge in [-0.2, -0.15) is 0 Å². The maximum absolute atomic E-state index is 6.43. The predicted octanol–water partition coefficient (Wildman–Crippen LogP) is 3.01. The number of nitrogens with two attached hydrogens (primary N) is 1. The van der Waals surface area contributed by atoms with Crippen molar-refractivity contribution in [2.45, 2.75) is 71.4 Å². The van der Waals surface area contributed by atoms with E-state index in [2.05, 4.69) is 25.7 Å². The van der Waals surface area contributed by atoms with Gasteiger partial charge in [0.05, 0.1) is 0 Å². The highest BCUT2D eigenvalue weighted by Gasteiger charge is 2.40. The van der Waals surface area contributed by atoms with E-state index < -0.39 is 0 Å². The van der Waals surface area contributed by atoms with E-state index in [-0.39, 0.29) is 0 Å². The summed E-state index contributed by atoms with van der Waals surface area (Å²) in [5.74, 6) is 0.727. The van der Waals surface area contributed by atoms with E-state index in [9.17, 15) is 0 Å². The minimum atomic E-state index is 0.361. The highest BCUT2D eigenvalue weighted by Crippen LogP contribution is 2.40. The summed E-state index contributed by atoms with van der Waals surface area (Å²) >= 11 is 0. The minimum absolute atomic E-state index is 0.361. The zero-order valence-electron chi connectivity index (χ0n) is 11.9. The lowest BCUT2D eigenvalue weighted by Gasteiger charge is -2.33. The maximum atomic E-state index is 6.43. The average Bonchev–Trinajstić information content (AvgIpc) is 2.89. The average molecular weight is 238 g/mol. The Labute approximate surface area is 107 Å². The zero-order chi connectivity index (χ0) is 12.5. The SMILES string of the molecule is CCN(CC1CCC(C)(C)C1N)C1CCCC1. The van der Waals surface area contributed by atoms with E-state index in [4.69, 9.17) is 5.73 Å². The van der Waals surface area contributed by atoms with Crippen LogP contribution in [0.25, 0.3) is 0 Å². The molecule has 0 aliphatic heterocycles. The van der Waals surface area contributed by atoms with Crippen LogP contribution in [0.3, 0.4) is 0 Å². The quantitative estimate of drug-likeness (QED) is 0.816. The normalized spacial score (nSPS) is 33.7. The first-order valence-corrected chi connectivity index (χ1v) is 7.54. The van der Waals surface area contributed by atoms with Crippen molar-refractivity contribution in [2.24, 2.45) is 17.1 Å². The molecule has 2 unspecified atom stereocenters. The second-order valence-electron chi connectivity index (χ2n) is 6.84. The van der Waals surface area contributed by atoms with Crippen molar-refractivity contribution in [3.05, 3.63) is 0 Å². The van der Waals surface area contributed by atoms with Gasteiger partial charge in [-0.15, -0.1) is 0 Å². The Hall–Kier alpha value is -0.0800. The van der Waals surface area contributed by atoms with E-state index in [1.165, 1.54) is 51.6 Å². The Morgan fingerprint density at radius 2 is 1.82 bits per heavy atom. The van der Waals surface area contributed by atoms with Crippen molar-refractivity contribution in [3.8, 4) is 0 Å². The third-order valence-electron chi connectivity index (χ3n) is 5.29. The number of nitrogens with zero attached hydrogens (tertiary/aromatic N) is 1. The summed E-state index contributed by atoms with van der Waals surface area (Å²) in [6.45, 7) is 9.43. The first kappa shape index (κ1) is 13.4. The highest BCUT2D eigenvalue weighted by molar-refractivity contribution is 4.95. The van der Waals surface area contributed by atoms with Crippen molar-refractivity contribution in [1.82, 2.24) is 4.90 Å². The van der Waals surface area contributed by atoms with Crippen molar-refractivity contribution in [1.29, 1.82) is 0 Å². The molecule has 2 saturated carbocycles. The van der Waals surface area contributed by atoms with Crippen LogP contribution in [0.2, 0.25) is 0 Å². The number of rotatable bonds is 4. The van der Waals surface area contributed by atoms with Gasteiger partial charge in [-0.25, -0.2) is 0 Å². The van der Waals surface area contributed by atoms with Gasteiger partial charge in [0.1, 0.15) is 0 Å². The van der Waals surface area contributed by atoms with Crippen LogP contribution < -0.4 is 5.73 Å². The van der Waals surface area contributed by atoms with E-state index in [1.54, 1.807) is 0 Å². The van der Waals surface area contributed by atoms with Gasteiger partial charge in [0.25, 0.3) is 0 Å². The lowest BCUT2D eigenvalue weighted by Crippen LogP contribution is -2.44. The van der Waals surface area contributed by atoms with Gasteiger partial charge in [0.2, 0.25) is 0 Å². The Balaban J connectivity index is 1.90. The molecule has 100 valence electrons. The van der Waals surface area contributed by atoms with Gasteiger partial charge >= 0.3 is 0 Å². The predicted molar refractivity (Wildman–Crippen MR) is 74.0 cm³/mol. The zero-order valence-corrected chi connectivity index (χ0v) is 11.9. The Kier molecular flexibility index (Phi) is 4.14. The third-order valence-corrected chi connectivity index (χ3v) is 5.29. The van der Waals surface area contributed by atoms with Crippen LogP contribution in [-0.4, -0.2) is 30.1 Å². The van der Waals surface area contributed by atoms with Crippen molar-refractivity contribution in [3.63, 3.8) is 0 Å². The van der Waals surface area contributed by atoms with E-state index in [0.717, 1.165) is 12.0 Å². The molecule has 2 fully saturated rings. The monoisotopic (exact) mass is 238 g/mol. The first-order chi connectivity index (χ1) is 8.04. The molecule has 0 radical (unpaired) electrons. The van der Waals surface area contributed by atoms with Crippen LogP contribution >= 0.6 is 0 Å². The molecule has 0 aromatic carbocycles. The second kappa shape index (κ2) is 5.27. The Morgan fingerprint density at radius 1 is 1.18 bits per heavy atom. The summed E-state index contributed by atoms with van der Waals surface area (Å²) in [7, 11) is 0. The molecule has 0 heterocycles. The van der Waals surface area contributed by atoms with Crippen LogP contribution in [0, 0.1) is 11.3 Å². The molecule has 2 atom stereocenters. The van der Waals surface area contributed by atoms with Crippen molar-refractivity contribution >= 4 is 0 Å². The van der Waals surface area contributed by atoms with Crippen LogP contribution in [0.4, 0.5) is 0 Å². The van der Waals surface area contributed by atoms with E-state index in [1.807, 2.05) is 0 Å². The molecule has 2 nitrogen and oxygen atoms in total. The molecule has 0 saturated heterocycles. The molecule has 0 bridgehead atoms. The largest absolute Gasteiger partial charge is 0.327 e. The van der Waals surface area contributed by atoms with Crippen molar-refractivity contribution in [2.75, 3.05) is 13.1 Å². The molecule has 2 N–H and O–H groups in total. The van der Waals surface area contributed by atoms with Gasteiger partial charge in [-0.05, 0) is 43.6 Å². The van der Waals surface area contributed by atoms with Gasteiger partial charge in [-0.1, -0.05) is 33.6 Å². The summed E-state index contributed by atoms with van der Waals surface area (Å²) in [4.78, 5) is 2.71. The molecule has 2 rings (SSSR count). The van der Waals surface area contributed by atoms with Gasteiger partial charge < -0.3 is 10.6 Å². The fraction of sp³-hybridized carbons (Fsp3) is 1.00. The molecule has 0 spiro atoms. The van der Waals surface area contributed by atoms with E-state index >= 15 is 0 Å². The van der Waals surface area contributed by atoms with Gasteiger partial charge in [-0.3, -0.25) is 0 Å². The van der Waals surface area contributed by atoms with Gasteiger partial charge in [0, 0.05) is 18.6 Å². The standard InChI is InChI=1S/C15H30N2/c1-4-17(13-7-5-6-8-13)11-12-9-10-15(2,3)14(12)16/h12-14H,4-11,16H2,1-3H3. The maximum Gasteiger partial charge on any atom is 0.0131 e. The fourth-order valence-corrected chi connectivity index (χ4v) is 3.85. The third kappa shape index (κ3) is 2.85. The van der Waals surface area contributed by atoms with Gasteiger partial charge in [0.15, 0.2) is 0 Å². The Bertz CT molecular complexity index is 243. The first-order valence-electron chi connectivity index (χ1n) is 7.54. The topological polar surface area (TPSA) is 29.3 Å². The van der Waals surface area contributed by atoms with Crippen LogP contribution in [0.15, 0.2) is 0 Å². The minimum Gasteiger partial charge on any atom is -0.327 e. The summed E-state index contributed by atoms with van der Waals surface area (Å²) in [6.07, 6.45) is 8.34. The number of hydrogen-bond donors (Lipinski definition) is 1. The molecule has 0 aromatic rings. The Morgan fingerprint density at radius 3 is 2.29 bits per heavy atom. The summed E-state index contributed by atoms with van der Waals surface area (Å²) in [5, 5.41) is 0. The lowest BCUT2D eigenvalue weighted by atomic mass is 9.85. The summed E-state index contributed by atoms with van der Waals surface area (Å²) < 4.78 is 0. The highest BCUT2D eigenvalue weighted by atomic mass is 15.2. The molecular formula is C15H30N2. The molecule has 2 aliphatic rings. The molecule has 2 heteroatoms. The van der Waals surface area contributed by atoms with Crippen LogP contribution in [0.1, 0.15) is 59.3 Å². The fourth-order valence-electron chi connectivity index (χ4n) is 3.85. The molecule has 0 aromatic heterocycles. The van der Waals surface area contributed by atoms with Crippen molar-refractivity contribution < 1.29 is 0 Å². The summed E-state index contributed by atoms with van der Waals surface area (Å²) in [6, 6.07) is 1.26. The molecule has 2 aliphatic carbocycles. The molecular weight excluding hydrogens is 208 g/mol. The number of hydrogen-bond acceptors (Lipinski definition) is 2. The summed E-state index contributed by atoms with van der Waals surface area (Å²) in [5.41, 5.74) is 6.79. The van der Waals surface area contributed by atoms with E-state index in [0.29, 0.717) is 11.5 Å². The molecule has 17 heavy (non-hydrogen) atoms. The second-order valence-corrected chi connectivity index (χ2v) is 6.84. The van der Waals surface area contributed by atoms with Crippen LogP contribution in [0.5, 0.6) is 0 Å². The lowest BCUT2D eigenvalue weighted by molar-refractivity contribution is 0.162. The molecule has 0 amide bonds.